The Bertz CT molecular complexity index is 1100. The van der Waals surface area contributed by atoms with Crippen molar-refractivity contribution in [2.75, 3.05) is 27.2 Å². The number of pyridine rings is 1. The number of nitrogens with one attached hydrogen (secondary N) is 1. The number of carbonyl (C=O) groups excluding carboxylic acids is 1. The molecule has 5 heteroatoms. The number of aryl methyl sites for hydroxylation is 1. The molecule has 0 radical (unpaired) electrons. The number of hydrogen-bond acceptors (Lipinski definition) is 4. The molecule has 0 bridgehead atoms. The van der Waals surface area contributed by atoms with Crippen molar-refractivity contribution < 1.29 is 4.79 Å². The summed E-state index contributed by atoms with van der Waals surface area (Å²) in [7, 11) is 3.94. The Kier molecular flexibility index (Phi) is 5.35. The first-order valence-electron chi connectivity index (χ1n) is 10.1. The third-order valence-electron chi connectivity index (χ3n) is 5.87. The number of hydrogen-bond donors (Lipinski definition) is 1. The normalized spacial score (nSPS) is 17.9. The third kappa shape index (κ3) is 4.02. The molecule has 1 saturated heterocycles. The minimum Gasteiger partial charge on any atom is -0.321 e. The van der Waals surface area contributed by atoms with Gasteiger partial charge in [0.25, 0.3) is 5.56 Å². The molecule has 1 aromatic heterocycles. The molecule has 4 rings (SSSR count). The lowest BCUT2D eigenvalue weighted by molar-refractivity contribution is -0.127. The number of ketones is 1. The summed E-state index contributed by atoms with van der Waals surface area (Å²) in [5, 5.41) is 1.70. The van der Waals surface area contributed by atoms with Crippen LogP contribution in [0.25, 0.3) is 22.0 Å². The number of benzene rings is 2. The van der Waals surface area contributed by atoms with Crippen LogP contribution in [0.3, 0.4) is 0 Å². The van der Waals surface area contributed by atoms with Gasteiger partial charge in [0, 0.05) is 24.2 Å². The fraction of sp³-hybridized carbons (Fsp3) is 0.333. The smallest absolute Gasteiger partial charge is 0.256 e. The summed E-state index contributed by atoms with van der Waals surface area (Å²) >= 11 is 0. The molecule has 1 aliphatic rings. The van der Waals surface area contributed by atoms with E-state index in [4.69, 9.17) is 0 Å². The second kappa shape index (κ2) is 7.93. The van der Waals surface area contributed by atoms with Crippen molar-refractivity contribution in [2.45, 2.75) is 25.9 Å². The largest absolute Gasteiger partial charge is 0.321 e. The van der Waals surface area contributed by atoms with Crippen molar-refractivity contribution in [3.63, 3.8) is 0 Å². The zero-order valence-corrected chi connectivity index (χ0v) is 17.2. The Morgan fingerprint density at radius 1 is 1.07 bits per heavy atom. The number of aromatic amines is 1. The van der Waals surface area contributed by atoms with Gasteiger partial charge in [-0.3, -0.25) is 19.4 Å². The Morgan fingerprint density at radius 3 is 2.52 bits per heavy atom. The lowest BCUT2D eigenvalue weighted by Crippen LogP contribution is -2.49. The summed E-state index contributed by atoms with van der Waals surface area (Å²) in [6.07, 6.45) is 0.877. The van der Waals surface area contributed by atoms with Crippen LogP contribution in [0.2, 0.25) is 0 Å². The van der Waals surface area contributed by atoms with Crippen molar-refractivity contribution >= 4 is 16.6 Å². The number of Topliss-reactive ketones (excluding diaryl/α,β-unsaturated/α-hetero) is 1. The van der Waals surface area contributed by atoms with Crippen LogP contribution in [-0.4, -0.2) is 53.8 Å². The molecular weight excluding hydrogens is 362 g/mol. The number of rotatable bonds is 4. The number of likely N-dealkylation sites (N-methyl/N-ethyl adjacent to an activating group) is 1. The summed E-state index contributed by atoms with van der Waals surface area (Å²) in [5.74, 6) is 0.293. The molecule has 29 heavy (non-hydrogen) atoms. The van der Waals surface area contributed by atoms with Gasteiger partial charge in [0.05, 0.1) is 12.6 Å². The van der Waals surface area contributed by atoms with E-state index in [1.807, 2.05) is 62.3 Å². The fourth-order valence-electron chi connectivity index (χ4n) is 4.20. The molecule has 1 atom stereocenters. The van der Waals surface area contributed by atoms with E-state index in [0.717, 1.165) is 47.1 Å². The number of nitrogens with zero attached hydrogens (tertiary/aromatic N) is 2. The maximum atomic E-state index is 12.5. The highest BCUT2D eigenvalue weighted by Crippen LogP contribution is 2.23. The van der Waals surface area contributed by atoms with E-state index >= 15 is 0 Å². The van der Waals surface area contributed by atoms with E-state index in [1.54, 1.807) is 0 Å². The van der Waals surface area contributed by atoms with Crippen LogP contribution in [0.4, 0.5) is 0 Å². The van der Waals surface area contributed by atoms with Gasteiger partial charge in [0.2, 0.25) is 0 Å². The van der Waals surface area contributed by atoms with E-state index in [2.05, 4.69) is 22.0 Å². The summed E-state index contributed by atoms with van der Waals surface area (Å²) < 4.78 is 0. The number of carbonyl (C=O) groups is 1. The van der Waals surface area contributed by atoms with Gasteiger partial charge >= 0.3 is 0 Å². The quantitative estimate of drug-likeness (QED) is 0.745. The zero-order valence-electron chi connectivity index (χ0n) is 17.2. The highest BCUT2D eigenvalue weighted by molar-refractivity contribution is 5.88. The first-order valence-corrected chi connectivity index (χ1v) is 10.1. The molecule has 1 unspecified atom stereocenters. The van der Waals surface area contributed by atoms with Gasteiger partial charge in [-0.15, -0.1) is 0 Å². The maximum absolute atomic E-state index is 12.5. The van der Waals surface area contributed by atoms with E-state index < -0.39 is 0 Å². The van der Waals surface area contributed by atoms with Crippen LogP contribution < -0.4 is 5.56 Å². The second-order valence-electron chi connectivity index (χ2n) is 8.19. The second-order valence-corrected chi connectivity index (χ2v) is 8.19. The highest BCUT2D eigenvalue weighted by atomic mass is 16.1. The monoisotopic (exact) mass is 389 g/mol. The van der Waals surface area contributed by atoms with Gasteiger partial charge in [0.15, 0.2) is 5.78 Å². The predicted molar refractivity (Wildman–Crippen MR) is 117 cm³/mol. The van der Waals surface area contributed by atoms with Gasteiger partial charge in [-0.25, -0.2) is 0 Å². The molecule has 1 fully saturated rings. The molecule has 1 N–H and O–H groups in total. The van der Waals surface area contributed by atoms with E-state index in [0.29, 0.717) is 12.3 Å². The molecule has 0 spiro atoms. The van der Waals surface area contributed by atoms with Crippen molar-refractivity contribution in [3.8, 4) is 11.3 Å². The van der Waals surface area contributed by atoms with Gasteiger partial charge in [-0.1, -0.05) is 36.4 Å². The molecule has 3 aromatic rings. The summed E-state index contributed by atoms with van der Waals surface area (Å²) in [4.78, 5) is 32.0. The van der Waals surface area contributed by atoms with Crippen LogP contribution in [0.15, 0.2) is 53.3 Å². The van der Waals surface area contributed by atoms with Crippen LogP contribution in [-0.2, 0) is 11.3 Å². The first-order chi connectivity index (χ1) is 13.9. The van der Waals surface area contributed by atoms with Crippen LogP contribution >= 0.6 is 0 Å². The molecule has 2 aromatic carbocycles. The summed E-state index contributed by atoms with van der Waals surface area (Å²) in [6, 6.07) is 16.1. The summed E-state index contributed by atoms with van der Waals surface area (Å²) in [5.41, 5.74) is 4.01. The van der Waals surface area contributed by atoms with E-state index in [9.17, 15) is 9.59 Å². The number of fused-ring (bicyclic) bond motifs is 1. The summed E-state index contributed by atoms with van der Waals surface area (Å²) in [6.45, 7) is 4.21. The predicted octanol–water partition coefficient (Wildman–Crippen LogP) is 3.21. The minimum absolute atomic E-state index is 0.0433. The van der Waals surface area contributed by atoms with Crippen molar-refractivity contribution in [3.05, 3.63) is 70.0 Å². The van der Waals surface area contributed by atoms with E-state index in [1.165, 1.54) is 5.56 Å². The molecule has 1 aliphatic heterocycles. The lowest BCUT2D eigenvalue weighted by atomic mass is 10.0. The topological polar surface area (TPSA) is 56.4 Å². The SMILES string of the molecule is Cc1cccc2c(=O)[nH]c(-c3ccc(CN4CCC(N(C)C)C(=O)C4)cc3)cc12. The fourth-order valence-corrected chi connectivity index (χ4v) is 4.20. The molecule has 2 heterocycles. The van der Waals surface area contributed by atoms with Gasteiger partial charge in [-0.05, 0) is 61.6 Å². The number of likely N-dealkylation sites (tertiary alicyclic amines) is 1. The average molecular weight is 389 g/mol. The van der Waals surface area contributed by atoms with Gasteiger partial charge in [0.1, 0.15) is 0 Å². The average Bonchev–Trinajstić information content (AvgIpc) is 2.69. The Hall–Kier alpha value is -2.76. The van der Waals surface area contributed by atoms with Gasteiger partial charge in [-0.2, -0.15) is 0 Å². The number of aromatic nitrogens is 1. The molecule has 0 amide bonds. The Balaban J connectivity index is 1.52. The van der Waals surface area contributed by atoms with Crippen LogP contribution in [0.1, 0.15) is 17.5 Å². The van der Waals surface area contributed by atoms with Crippen LogP contribution in [0.5, 0.6) is 0 Å². The number of H-pyrrole nitrogens is 1. The third-order valence-corrected chi connectivity index (χ3v) is 5.87. The van der Waals surface area contributed by atoms with Crippen LogP contribution in [0, 0.1) is 6.92 Å². The first kappa shape index (κ1) is 19.6. The lowest BCUT2D eigenvalue weighted by Gasteiger charge is -2.33. The molecule has 5 nitrogen and oxygen atoms in total. The molecule has 0 aliphatic carbocycles. The van der Waals surface area contributed by atoms with E-state index in [-0.39, 0.29) is 11.6 Å². The molecule has 150 valence electrons. The zero-order chi connectivity index (χ0) is 20.5. The highest BCUT2D eigenvalue weighted by Gasteiger charge is 2.28. The van der Waals surface area contributed by atoms with Crippen molar-refractivity contribution in [1.29, 1.82) is 0 Å². The molecular formula is C24H27N3O2. The Labute approximate surface area is 171 Å². The molecule has 0 saturated carbocycles. The maximum Gasteiger partial charge on any atom is 0.256 e. The standard InChI is InChI=1S/C24H27N3O2/c1-16-5-4-6-19-20(16)13-21(25-24(19)29)18-9-7-17(8-10-18)14-27-12-11-22(26(2)3)23(28)15-27/h4-10,13,22H,11-12,14-15H2,1-3H3,(H,25,29). The Morgan fingerprint density at radius 2 is 1.83 bits per heavy atom. The number of piperidine rings is 1. The van der Waals surface area contributed by atoms with Crippen molar-refractivity contribution in [2.24, 2.45) is 0 Å². The van der Waals surface area contributed by atoms with Gasteiger partial charge < -0.3 is 4.98 Å². The van der Waals surface area contributed by atoms with Crippen molar-refractivity contribution in [1.82, 2.24) is 14.8 Å². The minimum atomic E-state index is -0.0625.